The van der Waals surface area contributed by atoms with E-state index in [1.54, 1.807) is 24.3 Å². The maximum absolute atomic E-state index is 10.4. The minimum Gasteiger partial charge on any atom is -0.258 e. The second-order valence-electron chi connectivity index (χ2n) is 2.12. The molecule has 0 saturated carbocycles. The Balaban J connectivity index is 3.05. The van der Waals surface area contributed by atoms with Gasteiger partial charge in [-0.25, -0.2) is 0 Å². The summed E-state index contributed by atoms with van der Waals surface area (Å²) in [5.41, 5.74) is 0.662. The molecule has 0 bridgehead atoms. The van der Waals surface area contributed by atoms with Crippen LogP contribution in [0.5, 0.6) is 0 Å². The van der Waals surface area contributed by atoms with Crippen LogP contribution < -0.4 is 0 Å². The Morgan fingerprint density at radius 3 is 2.42 bits per heavy atom. The highest BCUT2D eigenvalue weighted by atomic mass is 79.9. The minimum atomic E-state index is -0.427. The van der Waals surface area contributed by atoms with Gasteiger partial charge in [-0.1, -0.05) is 34.1 Å². The average Bonchev–Trinajstić information content (AvgIpc) is 2.07. The van der Waals surface area contributed by atoms with Crippen molar-refractivity contribution in [3.8, 4) is 0 Å². The van der Waals surface area contributed by atoms with Gasteiger partial charge in [-0.2, -0.15) is 0 Å². The van der Waals surface area contributed by atoms with Gasteiger partial charge in [0.25, 0.3) is 5.70 Å². The van der Waals surface area contributed by atoms with Gasteiger partial charge < -0.3 is 0 Å². The Morgan fingerprint density at radius 2 is 2.00 bits per heavy atom. The Hall–Kier alpha value is -1.16. The van der Waals surface area contributed by atoms with Crippen LogP contribution in [0.2, 0.25) is 0 Å². The second kappa shape index (κ2) is 4.01. The van der Waals surface area contributed by atoms with Crippen molar-refractivity contribution in [2.75, 3.05) is 0 Å². The Kier molecular flexibility index (Phi) is 2.99. The van der Waals surface area contributed by atoms with Gasteiger partial charge in [0.15, 0.2) is 0 Å². The van der Waals surface area contributed by atoms with E-state index in [2.05, 4.69) is 15.9 Å². The van der Waals surface area contributed by atoms with Crippen LogP contribution in [0.25, 0.3) is 5.70 Å². The topological polar surface area (TPSA) is 43.1 Å². The summed E-state index contributed by atoms with van der Waals surface area (Å²) < 4.78 is 0. The Labute approximate surface area is 78.0 Å². The van der Waals surface area contributed by atoms with Gasteiger partial charge in [-0.15, -0.1) is 0 Å². The van der Waals surface area contributed by atoms with Gasteiger partial charge in [0.05, 0.1) is 15.5 Å². The zero-order chi connectivity index (χ0) is 8.97. The molecule has 0 aliphatic carbocycles. The highest BCUT2D eigenvalue weighted by molar-refractivity contribution is 9.11. The summed E-state index contributed by atoms with van der Waals surface area (Å²) >= 11 is 2.95. The quantitative estimate of drug-likeness (QED) is 0.576. The highest BCUT2D eigenvalue weighted by Gasteiger charge is 2.11. The molecule has 1 aromatic carbocycles. The number of benzene rings is 1. The fourth-order valence-electron chi connectivity index (χ4n) is 0.817. The van der Waals surface area contributed by atoms with E-state index in [0.29, 0.717) is 5.56 Å². The molecule has 0 atom stereocenters. The van der Waals surface area contributed by atoms with E-state index in [0.717, 1.165) is 0 Å². The van der Waals surface area contributed by atoms with Crippen LogP contribution in [0.3, 0.4) is 0 Å². The van der Waals surface area contributed by atoms with Crippen LogP contribution in [0.4, 0.5) is 0 Å². The van der Waals surface area contributed by atoms with Gasteiger partial charge >= 0.3 is 0 Å². The van der Waals surface area contributed by atoms with Crippen LogP contribution in [0, 0.1) is 10.1 Å². The number of nitro groups is 1. The lowest BCUT2D eigenvalue weighted by atomic mass is 10.2. The van der Waals surface area contributed by atoms with Crippen molar-refractivity contribution < 1.29 is 4.92 Å². The fourth-order valence-corrected chi connectivity index (χ4v) is 1.25. The molecule has 0 amide bonds. The molecule has 0 aromatic heterocycles. The molecule has 0 unspecified atom stereocenters. The van der Waals surface area contributed by atoms with Gasteiger partial charge in [0.1, 0.15) is 0 Å². The van der Waals surface area contributed by atoms with Crippen LogP contribution in [0.15, 0.2) is 35.3 Å². The SMILES string of the molecule is O=[N+]([O-])/C(=C\Br)c1ccccc1. The number of nitrogens with zero attached hydrogens (tertiary/aromatic N) is 1. The zero-order valence-corrected chi connectivity index (χ0v) is 7.69. The summed E-state index contributed by atoms with van der Waals surface area (Å²) in [6, 6.07) is 8.71. The van der Waals surface area contributed by atoms with Crippen molar-refractivity contribution in [3.63, 3.8) is 0 Å². The molecule has 1 aromatic rings. The fraction of sp³-hybridized carbons (Fsp3) is 0. The predicted molar refractivity (Wildman–Crippen MR) is 50.3 cm³/mol. The van der Waals surface area contributed by atoms with Crippen molar-refractivity contribution in [2.45, 2.75) is 0 Å². The molecule has 0 heterocycles. The van der Waals surface area contributed by atoms with Gasteiger partial charge in [0.2, 0.25) is 0 Å². The Morgan fingerprint density at radius 1 is 1.42 bits per heavy atom. The third-order valence-electron chi connectivity index (χ3n) is 1.37. The molecule has 0 radical (unpaired) electrons. The molecule has 3 nitrogen and oxygen atoms in total. The molecule has 4 heteroatoms. The smallest absolute Gasteiger partial charge is 0.258 e. The standard InChI is InChI=1S/C8H6BrNO2/c9-6-8(10(11)12)7-4-2-1-3-5-7/h1-6H/b8-6-. The van der Waals surface area contributed by atoms with Crippen molar-refractivity contribution >= 4 is 21.6 Å². The summed E-state index contributed by atoms with van der Waals surface area (Å²) in [4.78, 5) is 11.3. The first kappa shape index (κ1) is 8.93. The second-order valence-corrected chi connectivity index (χ2v) is 2.58. The number of hydrogen-bond donors (Lipinski definition) is 0. The van der Waals surface area contributed by atoms with Crippen molar-refractivity contribution in [1.82, 2.24) is 0 Å². The first-order valence-electron chi connectivity index (χ1n) is 3.26. The summed E-state index contributed by atoms with van der Waals surface area (Å²) in [6.07, 6.45) is 0. The van der Waals surface area contributed by atoms with Crippen LogP contribution in [0.1, 0.15) is 5.56 Å². The van der Waals surface area contributed by atoms with Crippen molar-refractivity contribution in [2.24, 2.45) is 0 Å². The minimum absolute atomic E-state index is 0.0654. The Bertz CT molecular complexity index is 308. The van der Waals surface area contributed by atoms with Crippen molar-refractivity contribution in [3.05, 3.63) is 51.0 Å². The van der Waals surface area contributed by atoms with Crippen LogP contribution in [-0.4, -0.2) is 4.92 Å². The maximum atomic E-state index is 10.4. The van der Waals surface area contributed by atoms with E-state index in [1.165, 1.54) is 4.99 Å². The summed E-state index contributed by atoms with van der Waals surface area (Å²) in [5.74, 6) is 0. The predicted octanol–water partition coefficient (Wildman–Crippen LogP) is 2.66. The normalized spacial score (nSPS) is 11.2. The molecule has 0 N–H and O–H groups in total. The zero-order valence-electron chi connectivity index (χ0n) is 6.11. The molecule has 0 spiro atoms. The van der Waals surface area contributed by atoms with E-state index in [-0.39, 0.29) is 5.70 Å². The monoisotopic (exact) mass is 227 g/mol. The summed E-state index contributed by atoms with van der Waals surface area (Å²) in [5, 5.41) is 10.4. The number of hydrogen-bond acceptors (Lipinski definition) is 2. The summed E-state index contributed by atoms with van der Waals surface area (Å²) in [7, 11) is 0. The molecule has 0 fully saturated rings. The third kappa shape index (κ3) is 1.92. The lowest BCUT2D eigenvalue weighted by Crippen LogP contribution is -1.95. The van der Waals surface area contributed by atoms with Gasteiger partial charge in [0, 0.05) is 0 Å². The number of rotatable bonds is 2. The van der Waals surface area contributed by atoms with E-state index < -0.39 is 4.92 Å². The molecule has 12 heavy (non-hydrogen) atoms. The van der Waals surface area contributed by atoms with E-state index in [4.69, 9.17) is 0 Å². The molecule has 1 rings (SSSR count). The van der Waals surface area contributed by atoms with Crippen LogP contribution >= 0.6 is 15.9 Å². The first-order chi connectivity index (χ1) is 5.75. The van der Waals surface area contributed by atoms with E-state index >= 15 is 0 Å². The van der Waals surface area contributed by atoms with Gasteiger partial charge in [-0.05, 0) is 12.1 Å². The molecule has 0 saturated heterocycles. The molecular weight excluding hydrogens is 222 g/mol. The summed E-state index contributed by atoms with van der Waals surface area (Å²) in [6.45, 7) is 0. The molecule has 0 aliphatic heterocycles. The largest absolute Gasteiger partial charge is 0.283 e. The molecular formula is C8H6BrNO2. The average molecular weight is 228 g/mol. The van der Waals surface area contributed by atoms with E-state index in [1.807, 2.05) is 6.07 Å². The van der Waals surface area contributed by atoms with Gasteiger partial charge in [-0.3, -0.25) is 10.1 Å². The maximum Gasteiger partial charge on any atom is 0.283 e. The lowest BCUT2D eigenvalue weighted by Gasteiger charge is -1.95. The number of halogens is 1. The highest BCUT2D eigenvalue weighted by Crippen LogP contribution is 2.15. The van der Waals surface area contributed by atoms with Crippen molar-refractivity contribution in [1.29, 1.82) is 0 Å². The van der Waals surface area contributed by atoms with Crippen LogP contribution in [-0.2, 0) is 0 Å². The molecule has 0 aliphatic rings. The van der Waals surface area contributed by atoms with E-state index in [9.17, 15) is 10.1 Å². The third-order valence-corrected chi connectivity index (χ3v) is 1.80. The lowest BCUT2D eigenvalue weighted by molar-refractivity contribution is -0.375. The molecule has 62 valence electrons. The first-order valence-corrected chi connectivity index (χ1v) is 4.17.